The lowest BCUT2D eigenvalue weighted by Crippen LogP contribution is -2.48. The molecule has 1 saturated carbocycles. The number of hydrogen-bond acceptors (Lipinski definition) is 2. The van der Waals surface area contributed by atoms with Crippen LogP contribution < -0.4 is 5.32 Å². The van der Waals surface area contributed by atoms with Gasteiger partial charge in [0.05, 0.1) is 6.04 Å². The summed E-state index contributed by atoms with van der Waals surface area (Å²) in [5, 5.41) is 11.1. The quantitative estimate of drug-likeness (QED) is 0.849. The standard InChI is InChI=1S/C22H23FN2O3/c23-18-7-5-16(6-8-18)20-19-4-2-1-3-15(19)9-10-25(20)21(26)17-11-14(12-17)13-24-22(27)28/h1-8,14,17,20,24H,9-13H2,(H,27,28)/t14-,17-,20-/m0/s1. The Hall–Kier alpha value is -2.89. The van der Waals surface area contributed by atoms with E-state index in [4.69, 9.17) is 5.11 Å². The van der Waals surface area contributed by atoms with Crippen molar-refractivity contribution in [3.8, 4) is 0 Å². The van der Waals surface area contributed by atoms with Gasteiger partial charge in [0.15, 0.2) is 0 Å². The molecule has 0 aromatic heterocycles. The smallest absolute Gasteiger partial charge is 0.404 e. The molecule has 0 radical (unpaired) electrons. The topological polar surface area (TPSA) is 69.6 Å². The van der Waals surface area contributed by atoms with E-state index in [9.17, 15) is 14.0 Å². The third kappa shape index (κ3) is 3.59. The number of halogens is 1. The van der Waals surface area contributed by atoms with Crippen molar-refractivity contribution in [2.24, 2.45) is 11.8 Å². The summed E-state index contributed by atoms with van der Waals surface area (Å²) in [5.41, 5.74) is 3.22. The lowest BCUT2D eigenvalue weighted by molar-refractivity contribution is -0.142. The van der Waals surface area contributed by atoms with E-state index < -0.39 is 6.09 Å². The highest BCUT2D eigenvalue weighted by molar-refractivity contribution is 5.81. The van der Waals surface area contributed by atoms with Gasteiger partial charge in [0.2, 0.25) is 5.91 Å². The van der Waals surface area contributed by atoms with E-state index in [0.717, 1.165) is 17.5 Å². The summed E-state index contributed by atoms with van der Waals surface area (Å²) in [7, 11) is 0. The second-order valence-corrected chi connectivity index (χ2v) is 7.65. The van der Waals surface area contributed by atoms with Crippen molar-refractivity contribution in [1.82, 2.24) is 10.2 Å². The SMILES string of the molecule is O=C(O)NC[C@H]1C[C@H](C(=O)N2CCc3ccccc3[C@@H]2c2ccc(F)cc2)C1. The average Bonchev–Trinajstić information content (AvgIpc) is 2.66. The Kier molecular flexibility index (Phi) is 5.03. The predicted octanol–water partition coefficient (Wildman–Crippen LogP) is 3.59. The minimum absolute atomic E-state index is 0.0752. The molecular weight excluding hydrogens is 359 g/mol. The van der Waals surface area contributed by atoms with Gasteiger partial charge in [0, 0.05) is 19.0 Å². The van der Waals surface area contributed by atoms with Crippen molar-refractivity contribution in [3.63, 3.8) is 0 Å². The first-order valence-corrected chi connectivity index (χ1v) is 9.63. The number of carbonyl (C=O) groups excluding carboxylic acids is 1. The molecule has 5 nitrogen and oxygen atoms in total. The summed E-state index contributed by atoms with van der Waals surface area (Å²) >= 11 is 0. The third-order valence-corrected chi connectivity index (χ3v) is 5.88. The van der Waals surface area contributed by atoms with Crippen LogP contribution in [0.25, 0.3) is 0 Å². The molecule has 1 heterocycles. The largest absolute Gasteiger partial charge is 0.465 e. The number of carbonyl (C=O) groups is 2. The number of rotatable bonds is 4. The fourth-order valence-electron chi connectivity index (χ4n) is 4.38. The van der Waals surface area contributed by atoms with Crippen LogP contribution in [0.1, 0.15) is 35.6 Å². The summed E-state index contributed by atoms with van der Waals surface area (Å²) in [6, 6.07) is 14.3. The van der Waals surface area contributed by atoms with Gasteiger partial charge in [-0.15, -0.1) is 0 Å². The maximum absolute atomic E-state index is 13.4. The molecule has 2 N–H and O–H groups in total. The Labute approximate surface area is 163 Å². The van der Waals surface area contributed by atoms with E-state index in [2.05, 4.69) is 11.4 Å². The second kappa shape index (κ2) is 7.62. The first-order chi connectivity index (χ1) is 13.5. The normalized spacial score (nSPS) is 23.5. The van der Waals surface area contributed by atoms with Gasteiger partial charge in [0.25, 0.3) is 0 Å². The van der Waals surface area contributed by atoms with Crippen LogP contribution in [0.5, 0.6) is 0 Å². The van der Waals surface area contributed by atoms with Gasteiger partial charge in [-0.3, -0.25) is 4.79 Å². The maximum atomic E-state index is 13.4. The summed E-state index contributed by atoms with van der Waals surface area (Å²) in [4.78, 5) is 25.8. The van der Waals surface area contributed by atoms with Crippen molar-refractivity contribution in [3.05, 3.63) is 71.0 Å². The lowest BCUT2D eigenvalue weighted by Gasteiger charge is -2.43. The van der Waals surface area contributed by atoms with Gasteiger partial charge in [-0.2, -0.15) is 0 Å². The number of fused-ring (bicyclic) bond motifs is 1. The zero-order valence-electron chi connectivity index (χ0n) is 15.5. The molecule has 146 valence electrons. The van der Waals surface area contributed by atoms with Crippen molar-refractivity contribution in [2.45, 2.75) is 25.3 Å². The van der Waals surface area contributed by atoms with E-state index in [1.165, 1.54) is 17.7 Å². The third-order valence-electron chi connectivity index (χ3n) is 5.88. The fraction of sp³-hybridized carbons (Fsp3) is 0.364. The monoisotopic (exact) mass is 382 g/mol. The first-order valence-electron chi connectivity index (χ1n) is 9.63. The molecular formula is C22H23FN2O3. The van der Waals surface area contributed by atoms with E-state index in [1.807, 2.05) is 23.1 Å². The summed E-state index contributed by atoms with van der Waals surface area (Å²) < 4.78 is 13.4. The van der Waals surface area contributed by atoms with Gasteiger partial charge >= 0.3 is 6.09 Å². The van der Waals surface area contributed by atoms with Gasteiger partial charge in [-0.05, 0) is 54.0 Å². The van der Waals surface area contributed by atoms with Crippen LogP contribution in [0.15, 0.2) is 48.5 Å². The highest BCUT2D eigenvalue weighted by Crippen LogP contribution is 2.40. The molecule has 6 heteroatoms. The molecule has 1 atom stereocenters. The summed E-state index contributed by atoms with van der Waals surface area (Å²) in [6.45, 7) is 1.02. The zero-order chi connectivity index (χ0) is 19.7. The van der Waals surface area contributed by atoms with Gasteiger partial charge in [0.1, 0.15) is 5.82 Å². The Balaban J connectivity index is 1.55. The van der Waals surface area contributed by atoms with Crippen LogP contribution in [-0.2, 0) is 11.2 Å². The number of hydrogen-bond donors (Lipinski definition) is 2. The first kappa shape index (κ1) is 18.5. The minimum atomic E-state index is -1.03. The highest BCUT2D eigenvalue weighted by atomic mass is 19.1. The lowest BCUT2D eigenvalue weighted by atomic mass is 9.73. The van der Waals surface area contributed by atoms with Crippen molar-refractivity contribution < 1.29 is 19.1 Å². The Morgan fingerprint density at radius 1 is 1.11 bits per heavy atom. The zero-order valence-corrected chi connectivity index (χ0v) is 15.5. The highest BCUT2D eigenvalue weighted by Gasteiger charge is 2.40. The van der Waals surface area contributed by atoms with Crippen molar-refractivity contribution in [2.75, 3.05) is 13.1 Å². The second-order valence-electron chi connectivity index (χ2n) is 7.65. The molecule has 4 rings (SSSR count). The van der Waals surface area contributed by atoms with E-state index in [1.54, 1.807) is 12.1 Å². The molecule has 0 bridgehead atoms. The molecule has 2 aromatic rings. The molecule has 2 aromatic carbocycles. The van der Waals surface area contributed by atoms with Gasteiger partial charge in [-0.25, -0.2) is 9.18 Å². The van der Waals surface area contributed by atoms with Gasteiger partial charge in [-0.1, -0.05) is 36.4 Å². The number of benzene rings is 2. The molecule has 0 saturated heterocycles. The Bertz CT molecular complexity index is 878. The molecule has 1 aliphatic heterocycles. The van der Waals surface area contributed by atoms with Gasteiger partial charge < -0.3 is 15.3 Å². The summed E-state index contributed by atoms with van der Waals surface area (Å²) in [6.07, 6.45) is 1.18. The van der Waals surface area contributed by atoms with Crippen molar-refractivity contribution in [1.29, 1.82) is 0 Å². The van der Waals surface area contributed by atoms with Crippen LogP contribution in [0.3, 0.4) is 0 Å². The molecule has 2 amide bonds. The Morgan fingerprint density at radius 3 is 2.54 bits per heavy atom. The minimum Gasteiger partial charge on any atom is -0.465 e. The molecule has 1 fully saturated rings. The molecule has 1 aliphatic carbocycles. The van der Waals surface area contributed by atoms with Crippen LogP contribution in [-0.4, -0.2) is 35.1 Å². The van der Waals surface area contributed by atoms with Crippen LogP contribution in [0, 0.1) is 17.7 Å². The fourth-order valence-corrected chi connectivity index (χ4v) is 4.38. The number of nitrogens with zero attached hydrogens (tertiary/aromatic N) is 1. The van der Waals surface area contributed by atoms with Crippen LogP contribution in [0.2, 0.25) is 0 Å². The van der Waals surface area contributed by atoms with Crippen LogP contribution in [0.4, 0.5) is 9.18 Å². The molecule has 0 spiro atoms. The molecule has 2 aliphatic rings. The molecule has 28 heavy (non-hydrogen) atoms. The maximum Gasteiger partial charge on any atom is 0.404 e. The summed E-state index contributed by atoms with van der Waals surface area (Å²) in [5.74, 6) is -0.0471. The predicted molar refractivity (Wildman–Crippen MR) is 102 cm³/mol. The average molecular weight is 382 g/mol. The van der Waals surface area contributed by atoms with E-state index in [0.29, 0.717) is 25.9 Å². The number of carboxylic acid groups (broad SMARTS) is 1. The number of nitrogens with one attached hydrogen (secondary N) is 1. The Morgan fingerprint density at radius 2 is 1.82 bits per heavy atom. The van der Waals surface area contributed by atoms with E-state index in [-0.39, 0.29) is 29.6 Å². The van der Waals surface area contributed by atoms with E-state index >= 15 is 0 Å². The molecule has 0 unspecified atom stereocenters. The van der Waals surface area contributed by atoms with Crippen LogP contribution >= 0.6 is 0 Å². The number of amides is 2. The van der Waals surface area contributed by atoms with Crippen molar-refractivity contribution >= 4 is 12.0 Å².